The maximum absolute atomic E-state index is 12.9. The summed E-state index contributed by atoms with van der Waals surface area (Å²) < 4.78 is 10.5. The first-order valence-corrected chi connectivity index (χ1v) is 9.34. The summed E-state index contributed by atoms with van der Waals surface area (Å²) in [5.74, 6) is -1.59. The number of carbonyl (C=O) groups is 3. The fraction of sp³-hybridized carbons (Fsp3) is 0.0870. The Bertz CT molecular complexity index is 1220. The van der Waals surface area contributed by atoms with Gasteiger partial charge in [-0.15, -0.1) is 0 Å². The summed E-state index contributed by atoms with van der Waals surface area (Å²) in [5, 5.41) is 11.8. The Kier molecular flexibility index (Phi) is 5.28. The van der Waals surface area contributed by atoms with Gasteiger partial charge >= 0.3 is 5.97 Å². The molecule has 154 valence electrons. The van der Waals surface area contributed by atoms with Gasteiger partial charge in [0.05, 0.1) is 4.92 Å². The third-order valence-electron chi connectivity index (χ3n) is 4.80. The lowest BCUT2D eigenvalue weighted by molar-refractivity contribution is -0.385. The van der Waals surface area contributed by atoms with Crippen molar-refractivity contribution < 1.29 is 28.8 Å². The predicted octanol–water partition coefficient (Wildman–Crippen LogP) is 3.61. The van der Waals surface area contributed by atoms with Crippen LogP contribution in [0.5, 0.6) is 5.75 Å². The van der Waals surface area contributed by atoms with Gasteiger partial charge in [-0.3, -0.25) is 19.7 Å². The number of para-hydroxylation sites is 1. The first kappa shape index (κ1) is 20.0. The number of nitrogens with zero attached hydrogens (tertiary/aromatic N) is 1. The molecule has 31 heavy (non-hydrogen) atoms. The Hall–Kier alpha value is -4.33. The molecule has 3 aromatic carbocycles. The van der Waals surface area contributed by atoms with Crippen LogP contribution in [0.1, 0.15) is 42.2 Å². The van der Waals surface area contributed by atoms with Gasteiger partial charge in [0, 0.05) is 16.7 Å². The normalized spacial score (nSPS) is 12.0. The van der Waals surface area contributed by atoms with Crippen LogP contribution in [-0.4, -0.2) is 35.7 Å². The topological polar surface area (TPSA) is 113 Å². The van der Waals surface area contributed by atoms with E-state index in [4.69, 9.17) is 9.47 Å². The van der Waals surface area contributed by atoms with Crippen LogP contribution in [0.15, 0.2) is 66.7 Å². The van der Waals surface area contributed by atoms with Crippen molar-refractivity contribution in [3.05, 3.63) is 105 Å². The van der Waals surface area contributed by atoms with Crippen LogP contribution < -0.4 is 4.74 Å². The summed E-state index contributed by atoms with van der Waals surface area (Å²) in [7, 11) is 0. The first-order chi connectivity index (χ1) is 15.0. The highest BCUT2D eigenvalue weighted by atomic mass is 16.6. The van der Waals surface area contributed by atoms with Gasteiger partial charge in [-0.2, -0.15) is 0 Å². The van der Waals surface area contributed by atoms with E-state index in [0.29, 0.717) is 5.75 Å². The molecule has 0 aliphatic heterocycles. The second kappa shape index (κ2) is 8.19. The maximum atomic E-state index is 12.9. The lowest BCUT2D eigenvalue weighted by Crippen LogP contribution is -2.24. The number of benzene rings is 3. The highest BCUT2D eigenvalue weighted by Crippen LogP contribution is 2.35. The first-order valence-electron chi connectivity index (χ1n) is 9.34. The number of nitro benzene ring substituents is 1. The van der Waals surface area contributed by atoms with Crippen LogP contribution in [0.4, 0.5) is 5.69 Å². The molecule has 0 N–H and O–H groups in total. The van der Waals surface area contributed by atoms with Crippen molar-refractivity contribution in [1.82, 2.24) is 0 Å². The zero-order valence-electron chi connectivity index (χ0n) is 16.1. The van der Waals surface area contributed by atoms with Gasteiger partial charge in [0.25, 0.3) is 5.69 Å². The number of ether oxygens (including phenoxy) is 2. The van der Waals surface area contributed by atoms with Crippen molar-refractivity contribution in [2.24, 2.45) is 0 Å². The predicted molar refractivity (Wildman–Crippen MR) is 109 cm³/mol. The standard InChI is InChI=1S/C23H15NO7/c25-21-15-8-4-5-9-16(15)22(26)19-17(21)10-11-18(20(19)24(28)29)23(27)31-13-12-30-14-6-2-1-3-7-14/h1-11H,12-13H2. The van der Waals surface area contributed by atoms with Crippen molar-refractivity contribution in [2.45, 2.75) is 0 Å². The smallest absolute Gasteiger partial charge is 0.345 e. The van der Waals surface area contributed by atoms with Gasteiger partial charge in [0.1, 0.15) is 30.1 Å². The summed E-state index contributed by atoms with van der Waals surface area (Å²) in [6.45, 7) is -0.114. The number of ketones is 2. The molecule has 0 atom stereocenters. The molecule has 0 saturated heterocycles. The largest absolute Gasteiger partial charge is 0.490 e. The molecule has 0 spiro atoms. The van der Waals surface area contributed by atoms with E-state index in [-0.39, 0.29) is 29.9 Å². The van der Waals surface area contributed by atoms with Crippen LogP contribution >= 0.6 is 0 Å². The second-order valence-corrected chi connectivity index (χ2v) is 6.64. The minimum Gasteiger partial charge on any atom is -0.490 e. The second-order valence-electron chi connectivity index (χ2n) is 6.64. The molecule has 0 bridgehead atoms. The number of nitro groups is 1. The number of hydrogen-bond donors (Lipinski definition) is 0. The van der Waals surface area contributed by atoms with Crippen LogP contribution in [0.25, 0.3) is 0 Å². The Morgan fingerprint density at radius 1 is 0.806 bits per heavy atom. The van der Waals surface area contributed by atoms with E-state index in [0.717, 1.165) is 6.07 Å². The van der Waals surface area contributed by atoms with E-state index in [1.165, 1.54) is 18.2 Å². The van der Waals surface area contributed by atoms with Crippen molar-refractivity contribution in [1.29, 1.82) is 0 Å². The van der Waals surface area contributed by atoms with Crippen molar-refractivity contribution in [2.75, 3.05) is 13.2 Å². The zero-order valence-corrected chi connectivity index (χ0v) is 16.1. The quantitative estimate of drug-likeness (QED) is 0.204. The molecule has 8 nitrogen and oxygen atoms in total. The lowest BCUT2D eigenvalue weighted by Gasteiger charge is -2.18. The fourth-order valence-electron chi connectivity index (χ4n) is 3.41. The van der Waals surface area contributed by atoms with Gasteiger partial charge in [0.15, 0.2) is 5.78 Å². The number of carbonyl (C=O) groups excluding carboxylic acids is 3. The van der Waals surface area contributed by atoms with Crippen LogP contribution in [-0.2, 0) is 4.74 Å². The Morgan fingerprint density at radius 3 is 2.13 bits per heavy atom. The molecular formula is C23H15NO7. The number of esters is 1. The van der Waals surface area contributed by atoms with Gasteiger partial charge in [0.2, 0.25) is 5.78 Å². The molecule has 1 aliphatic rings. The summed E-state index contributed by atoms with van der Waals surface area (Å²) in [5.41, 5.74) is -1.42. The molecule has 0 aromatic heterocycles. The van der Waals surface area contributed by atoms with Crippen molar-refractivity contribution in [3.8, 4) is 5.75 Å². The lowest BCUT2D eigenvalue weighted by atomic mass is 9.82. The van der Waals surface area contributed by atoms with E-state index in [1.807, 2.05) is 6.07 Å². The molecule has 0 saturated carbocycles. The average molecular weight is 417 g/mol. The van der Waals surface area contributed by atoms with E-state index < -0.39 is 39.3 Å². The van der Waals surface area contributed by atoms with Crippen molar-refractivity contribution in [3.63, 3.8) is 0 Å². The van der Waals surface area contributed by atoms with Crippen LogP contribution in [0.2, 0.25) is 0 Å². The summed E-state index contributed by atoms with van der Waals surface area (Å²) in [6, 6.07) is 17.3. The SMILES string of the molecule is O=C1c2ccccc2C(=O)c2c1ccc(C(=O)OCCOc1ccccc1)c2[N+](=O)[O-]. The third-order valence-corrected chi connectivity index (χ3v) is 4.80. The third kappa shape index (κ3) is 3.66. The van der Waals surface area contributed by atoms with Crippen LogP contribution in [0, 0.1) is 10.1 Å². The summed E-state index contributed by atoms with van der Waals surface area (Å²) in [6.07, 6.45) is 0. The maximum Gasteiger partial charge on any atom is 0.345 e. The van der Waals surface area contributed by atoms with E-state index in [1.54, 1.807) is 36.4 Å². The van der Waals surface area contributed by atoms with Gasteiger partial charge in [-0.25, -0.2) is 4.79 Å². The van der Waals surface area contributed by atoms with Gasteiger partial charge in [-0.1, -0.05) is 42.5 Å². The van der Waals surface area contributed by atoms with Crippen molar-refractivity contribution >= 4 is 23.2 Å². The zero-order chi connectivity index (χ0) is 22.0. The highest BCUT2D eigenvalue weighted by Gasteiger charge is 2.38. The molecule has 0 unspecified atom stereocenters. The van der Waals surface area contributed by atoms with E-state index in [2.05, 4.69) is 0 Å². The Morgan fingerprint density at radius 2 is 1.45 bits per heavy atom. The monoisotopic (exact) mass is 417 g/mol. The molecule has 0 amide bonds. The van der Waals surface area contributed by atoms with Crippen LogP contribution in [0.3, 0.4) is 0 Å². The molecule has 0 heterocycles. The summed E-state index contributed by atoms with van der Waals surface area (Å²) >= 11 is 0. The highest BCUT2D eigenvalue weighted by molar-refractivity contribution is 6.30. The van der Waals surface area contributed by atoms with Gasteiger partial charge < -0.3 is 9.47 Å². The number of fused-ring (bicyclic) bond motifs is 2. The molecule has 3 aromatic rings. The van der Waals surface area contributed by atoms with Gasteiger partial charge in [-0.05, 0) is 24.3 Å². The molecule has 4 rings (SSSR count). The molecule has 0 radical (unpaired) electrons. The molecule has 8 heteroatoms. The Labute approximate surface area is 176 Å². The molecule has 1 aliphatic carbocycles. The van der Waals surface area contributed by atoms with E-state index >= 15 is 0 Å². The Balaban J connectivity index is 1.61. The molecule has 0 fully saturated rings. The van der Waals surface area contributed by atoms with E-state index in [9.17, 15) is 24.5 Å². The minimum absolute atomic E-state index is 0.0410. The molecular weight excluding hydrogens is 402 g/mol. The number of hydrogen-bond acceptors (Lipinski definition) is 7. The minimum atomic E-state index is -0.981. The fourth-order valence-corrected chi connectivity index (χ4v) is 3.41. The summed E-state index contributed by atoms with van der Waals surface area (Å²) in [4.78, 5) is 49.2. The average Bonchev–Trinajstić information content (AvgIpc) is 2.79. The number of rotatable bonds is 6.